The standard InChI is InChI=1S/C19H30N2O2/c1-5-10-18(22)21(14-16-12-9-8-11-15(16)4)17(7-3)19(23)20-13-6-2/h8-9,11-12,17H,5-7,10,13-14H2,1-4H3,(H,20,23)/t17-/m1/s1. The molecule has 0 aromatic heterocycles. The van der Waals surface area contributed by atoms with Crippen LogP contribution in [0.5, 0.6) is 0 Å². The van der Waals surface area contributed by atoms with Crippen LogP contribution in [0.2, 0.25) is 0 Å². The van der Waals surface area contributed by atoms with Gasteiger partial charge >= 0.3 is 0 Å². The molecule has 0 bridgehead atoms. The van der Waals surface area contributed by atoms with Crippen molar-refractivity contribution < 1.29 is 9.59 Å². The molecule has 0 unspecified atom stereocenters. The molecule has 1 aromatic carbocycles. The molecule has 2 amide bonds. The Labute approximate surface area is 140 Å². The van der Waals surface area contributed by atoms with Gasteiger partial charge in [-0.25, -0.2) is 0 Å². The third-order valence-corrected chi connectivity index (χ3v) is 4.00. The number of benzene rings is 1. The van der Waals surface area contributed by atoms with Gasteiger partial charge in [-0.05, 0) is 37.3 Å². The zero-order valence-electron chi connectivity index (χ0n) is 14.9. The zero-order valence-corrected chi connectivity index (χ0v) is 14.9. The Hall–Kier alpha value is -1.84. The molecular formula is C19H30N2O2. The lowest BCUT2D eigenvalue weighted by atomic mass is 10.1. The highest BCUT2D eigenvalue weighted by molar-refractivity contribution is 5.87. The summed E-state index contributed by atoms with van der Waals surface area (Å²) in [6.45, 7) is 9.14. The van der Waals surface area contributed by atoms with Gasteiger partial charge in [0.15, 0.2) is 0 Å². The van der Waals surface area contributed by atoms with Gasteiger partial charge in [-0.3, -0.25) is 9.59 Å². The molecule has 0 aliphatic heterocycles. The minimum Gasteiger partial charge on any atom is -0.354 e. The third kappa shape index (κ3) is 5.70. The Kier molecular flexibility index (Phi) is 8.38. The number of hydrogen-bond acceptors (Lipinski definition) is 2. The molecule has 1 atom stereocenters. The third-order valence-electron chi connectivity index (χ3n) is 4.00. The molecule has 4 nitrogen and oxygen atoms in total. The maximum atomic E-state index is 12.6. The number of carbonyl (C=O) groups is 2. The van der Waals surface area contributed by atoms with Crippen molar-refractivity contribution in [3.05, 3.63) is 35.4 Å². The maximum Gasteiger partial charge on any atom is 0.242 e. The normalized spacial score (nSPS) is 11.8. The fraction of sp³-hybridized carbons (Fsp3) is 0.579. The van der Waals surface area contributed by atoms with Crippen molar-refractivity contribution in [2.24, 2.45) is 0 Å². The topological polar surface area (TPSA) is 49.4 Å². The molecule has 0 aliphatic carbocycles. The highest BCUT2D eigenvalue weighted by atomic mass is 16.2. The summed E-state index contributed by atoms with van der Waals surface area (Å²) < 4.78 is 0. The number of rotatable bonds is 9. The first kappa shape index (κ1) is 19.2. The van der Waals surface area contributed by atoms with Gasteiger partial charge in [-0.2, -0.15) is 0 Å². The van der Waals surface area contributed by atoms with Gasteiger partial charge in [0.25, 0.3) is 0 Å². The Morgan fingerprint density at radius 3 is 2.39 bits per heavy atom. The SMILES string of the molecule is CCCNC(=O)[C@@H](CC)N(Cc1ccccc1C)C(=O)CCC. The summed E-state index contributed by atoms with van der Waals surface area (Å²) in [6.07, 6.45) is 2.78. The Morgan fingerprint density at radius 1 is 1.13 bits per heavy atom. The van der Waals surface area contributed by atoms with E-state index in [1.807, 2.05) is 52.0 Å². The molecule has 23 heavy (non-hydrogen) atoms. The predicted molar refractivity (Wildman–Crippen MR) is 94.0 cm³/mol. The van der Waals surface area contributed by atoms with Crippen LogP contribution in [0.25, 0.3) is 0 Å². The average Bonchev–Trinajstić information content (AvgIpc) is 2.54. The summed E-state index contributed by atoms with van der Waals surface area (Å²) in [5.74, 6) is 0.00152. The Balaban J connectivity index is 3.00. The maximum absolute atomic E-state index is 12.6. The van der Waals surface area contributed by atoms with Crippen molar-refractivity contribution in [1.29, 1.82) is 0 Å². The predicted octanol–water partition coefficient (Wildman–Crippen LogP) is 3.43. The van der Waals surface area contributed by atoms with E-state index in [0.29, 0.717) is 25.9 Å². The van der Waals surface area contributed by atoms with Crippen LogP contribution in [0.3, 0.4) is 0 Å². The largest absolute Gasteiger partial charge is 0.354 e. The quantitative estimate of drug-likeness (QED) is 0.758. The van der Waals surface area contributed by atoms with E-state index in [-0.39, 0.29) is 11.8 Å². The van der Waals surface area contributed by atoms with Crippen LogP contribution in [0.4, 0.5) is 0 Å². The van der Waals surface area contributed by atoms with E-state index in [1.165, 1.54) is 0 Å². The first-order valence-corrected chi connectivity index (χ1v) is 8.66. The van der Waals surface area contributed by atoms with E-state index in [0.717, 1.165) is 24.0 Å². The van der Waals surface area contributed by atoms with Crippen molar-refractivity contribution in [2.45, 2.75) is 66.0 Å². The van der Waals surface area contributed by atoms with Crippen molar-refractivity contribution in [3.8, 4) is 0 Å². The van der Waals surface area contributed by atoms with Crippen molar-refractivity contribution in [2.75, 3.05) is 6.54 Å². The van der Waals surface area contributed by atoms with E-state index in [1.54, 1.807) is 4.90 Å². The van der Waals surface area contributed by atoms with E-state index < -0.39 is 6.04 Å². The second kappa shape index (κ2) is 10.0. The molecule has 4 heteroatoms. The minimum atomic E-state index is -0.403. The van der Waals surface area contributed by atoms with Crippen LogP contribution < -0.4 is 5.32 Å². The number of aryl methyl sites for hydroxylation is 1. The fourth-order valence-corrected chi connectivity index (χ4v) is 2.61. The number of hydrogen-bond donors (Lipinski definition) is 1. The second-order valence-electron chi connectivity index (χ2n) is 5.91. The lowest BCUT2D eigenvalue weighted by Crippen LogP contribution is -2.49. The van der Waals surface area contributed by atoms with Gasteiger partial charge < -0.3 is 10.2 Å². The highest BCUT2D eigenvalue weighted by Gasteiger charge is 2.28. The lowest BCUT2D eigenvalue weighted by Gasteiger charge is -2.31. The van der Waals surface area contributed by atoms with Crippen LogP contribution in [-0.2, 0) is 16.1 Å². The van der Waals surface area contributed by atoms with Gasteiger partial charge in [0.2, 0.25) is 11.8 Å². The first-order valence-electron chi connectivity index (χ1n) is 8.66. The number of nitrogens with zero attached hydrogens (tertiary/aromatic N) is 1. The molecular weight excluding hydrogens is 288 g/mol. The molecule has 0 radical (unpaired) electrons. The molecule has 1 N–H and O–H groups in total. The molecule has 0 fully saturated rings. The lowest BCUT2D eigenvalue weighted by molar-refractivity contribution is -0.141. The van der Waals surface area contributed by atoms with E-state index in [9.17, 15) is 9.59 Å². The smallest absolute Gasteiger partial charge is 0.242 e. The number of amides is 2. The van der Waals surface area contributed by atoms with Gasteiger partial charge in [0, 0.05) is 19.5 Å². The molecule has 1 aromatic rings. The Morgan fingerprint density at radius 2 is 1.83 bits per heavy atom. The van der Waals surface area contributed by atoms with Crippen LogP contribution >= 0.6 is 0 Å². The molecule has 0 saturated carbocycles. The number of nitrogens with one attached hydrogen (secondary N) is 1. The van der Waals surface area contributed by atoms with Gasteiger partial charge in [0.1, 0.15) is 6.04 Å². The molecule has 1 rings (SSSR count). The summed E-state index contributed by atoms with van der Waals surface area (Å²) in [4.78, 5) is 26.8. The Bertz CT molecular complexity index is 514. The van der Waals surface area contributed by atoms with Crippen LogP contribution in [0.15, 0.2) is 24.3 Å². The average molecular weight is 318 g/mol. The summed E-state index contributed by atoms with van der Waals surface area (Å²) in [5, 5.41) is 2.93. The number of carbonyl (C=O) groups excluding carboxylic acids is 2. The van der Waals surface area contributed by atoms with Crippen molar-refractivity contribution in [3.63, 3.8) is 0 Å². The highest BCUT2D eigenvalue weighted by Crippen LogP contribution is 2.16. The van der Waals surface area contributed by atoms with E-state index in [4.69, 9.17) is 0 Å². The van der Waals surface area contributed by atoms with E-state index >= 15 is 0 Å². The van der Waals surface area contributed by atoms with Crippen LogP contribution in [0.1, 0.15) is 57.6 Å². The van der Waals surface area contributed by atoms with Gasteiger partial charge in [-0.15, -0.1) is 0 Å². The van der Waals surface area contributed by atoms with Crippen molar-refractivity contribution in [1.82, 2.24) is 10.2 Å². The first-order chi connectivity index (χ1) is 11.0. The molecule has 128 valence electrons. The fourth-order valence-electron chi connectivity index (χ4n) is 2.61. The van der Waals surface area contributed by atoms with Crippen LogP contribution in [0, 0.1) is 6.92 Å². The van der Waals surface area contributed by atoms with Gasteiger partial charge in [0.05, 0.1) is 0 Å². The second-order valence-corrected chi connectivity index (χ2v) is 5.91. The summed E-state index contributed by atoms with van der Waals surface area (Å²) >= 11 is 0. The molecule has 0 saturated heterocycles. The molecule has 0 aliphatic rings. The summed E-state index contributed by atoms with van der Waals surface area (Å²) in [5.41, 5.74) is 2.24. The molecule has 0 spiro atoms. The summed E-state index contributed by atoms with van der Waals surface area (Å²) in [7, 11) is 0. The van der Waals surface area contributed by atoms with E-state index in [2.05, 4.69) is 5.32 Å². The van der Waals surface area contributed by atoms with Gasteiger partial charge in [-0.1, -0.05) is 45.0 Å². The minimum absolute atomic E-state index is 0.0487. The zero-order chi connectivity index (χ0) is 17.2. The molecule has 0 heterocycles. The summed E-state index contributed by atoms with van der Waals surface area (Å²) in [6, 6.07) is 7.62. The van der Waals surface area contributed by atoms with Crippen molar-refractivity contribution >= 4 is 11.8 Å². The monoisotopic (exact) mass is 318 g/mol. The van der Waals surface area contributed by atoms with Crippen LogP contribution in [-0.4, -0.2) is 29.3 Å².